The number of nitrogens with one attached hydrogen (secondary N) is 2. The molecule has 0 spiro atoms. The van der Waals surface area contributed by atoms with Crippen LogP contribution in [-0.4, -0.2) is 11.7 Å². The molecule has 0 aromatic heterocycles. The van der Waals surface area contributed by atoms with Crippen LogP contribution in [0.2, 0.25) is 0 Å². The molecule has 3 heteroatoms. The molecule has 1 rings (SSSR count). The maximum Gasteiger partial charge on any atom is 0.170 e. The second-order valence-electron chi connectivity index (χ2n) is 6.10. The van der Waals surface area contributed by atoms with Crippen molar-refractivity contribution in [1.82, 2.24) is 5.32 Å². The van der Waals surface area contributed by atoms with Crippen molar-refractivity contribution in [2.45, 2.75) is 72.1 Å². The van der Waals surface area contributed by atoms with Crippen molar-refractivity contribution in [3.05, 3.63) is 29.3 Å². The third-order valence-corrected chi connectivity index (χ3v) is 4.42. The molecule has 0 aliphatic heterocycles. The van der Waals surface area contributed by atoms with E-state index in [-0.39, 0.29) is 0 Å². The molecule has 0 fully saturated rings. The fourth-order valence-corrected chi connectivity index (χ4v) is 2.73. The molecule has 0 atom stereocenters. The van der Waals surface area contributed by atoms with E-state index in [1.54, 1.807) is 0 Å². The van der Waals surface area contributed by atoms with Gasteiger partial charge in [-0.3, -0.25) is 0 Å². The van der Waals surface area contributed by atoms with Gasteiger partial charge in [-0.1, -0.05) is 64.0 Å². The average Bonchev–Trinajstić information content (AvgIpc) is 2.50. The summed E-state index contributed by atoms with van der Waals surface area (Å²) in [5.41, 5.74) is 3.66. The van der Waals surface area contributed by atoms with Gasteiger partial charge in [0.05, 0.1) is 0 Å². The molecule has 0 aliphatic rings. The Morgan fingerprint density at radius 1 is 0.955 bits per heavy atom. The minimum Gasteiger partial charge on any atom is -0.362 e. The lowest BCUT2D eigenvalue weighted by molar-refractivity contribution is 0.573. The van der Waals surface area contributed by atoms with Gasteiger partial charge in [0.15, 0.2) is 5.11 Å². The molecule has 0 aliphatic carbocycles. The smallest absolute Gasteiger partial charge is 0.170 e. The van der Waals surface area contributed by atoms with Crippen molar-refractivity contribution in [2.24, 2.45) is 0 Å². The first-order valence-electron chi connectivity index (χ1n) is 8.76. The Bertz CT molecular complexity index is 443. The Morgan fingerprint density at radius 3 is 2.27 bits per heavy atom. The Labute approximate surface area is 142 Å². The Morgan fingerprint density at radius 2 is 1.59 bits per heavy atom. The highest BCUT2D eigenvalue weighted by atomic mass is 32.1. The molecule has 2 N–H and O–H groups in total. The van der Waals surface area contributed by atoms with Crippen molar-refractivity contribution >= 4 is 23.0 Å². The lowest BCUT2D eigenvalue weighted by Gasteiger charge is -2.13. The predicted octanol–water partition coefficient (Wildman–Crippen LogP) is 5.73. The summed E-state index contributed by atoms with van der Waals surface area (Å²) in [6, 6.07) is 6.26. The minimum atomic E-state index is 0.733. The normalized spacial score (nSPS) is 10.5. The molecule has 2 nitrogen and oxygen atoms in total. The Hall–Kier alpha value is -1.09. The van der Waals surface area contributed by atoms with Crippen molar-refractivity contribution in [3.63, 3.8) is 0 Å². The van der Waals surface area contributed by atoms with Gasteiger partial charge in [-0.25, -0.2) is 0 Å². The zero-order valence-electron chi connectivity index (χ0n) is 14.5. The van der Waals surface area contributed by atoms with E-state index in [9.17, 15) is 0 Å². The van der Waals surface area contributed by atoms with Crippen molar-refractivity contribution in [3.8, 4) is 0 Å². The molecule has 0 amide bonds. The van der Waals surface area contributed by atoms with Crippen LogP contribution in [-0.2, 0) is 0 Å². The monoisotopic (exact) mass is 320 g/mol. The van der Waals surface area contributed by atoms with E-state index in [1.165, 1.54) is 62.5 Å². The standard InChI is InChI=1S/C19H32N2S/c1-4-5-6-7-8-9-10-11-15-20-19(22)21-18-14-12-13-16(2)17(18)3/h12-14H,4-11,15H2,1-3H3,(H2,20,21,22). The molecule has 1 aromatic rings. The second kappa shape index (κ2) is 11.5. The van der Waals surface area contributed by atoms with Crippen LogP contribution in [0, 0.1) is 13.8 Å². The van der Waals surface area contributed by atoms with E-state index < -0.39 is 0 Å². The number of thiocarbonyl (C=S) groups is 1. The molecule has 0 saturated heterocycles. The van der Waals surface area contributed by atoms with Crippen LogP contribution >= 0.6 is 12.2 Å². The van der Waals surface area contributed by atoms with Crippen LogP contribution in [0.15, 0.2) is 18.2 Å². The highest BCUT2D eigenvalue weighted by Crippen LogP contribution is 2.17. The summed E-state index contributed by atoms with van der Waals surface area (Å²) in [5.74, 6) is 0. The van der Waals surface area contributed by atoms with Crippen LogP contribution in [0.25, 0.3) is 0 Å². The second-order valence-corrected chi connectivity index (χ2v) is 6.51. The van der Waals surface area contributed by atoms with Crippen LogP contribution in [0.5, 0.6) is 0 Å². The van der Waals surface area contributed by atoms with Crippen LogP contribution in [0.1, 0.15) is 69.4 Å². The highest BCUT2D eigenvalue weighted by Gasteiger charge is 2.02. The van der Waals surface area contributed by atoms with Crippen LogP contribution in [0.3, 0.4) is 0 Å². The summed E-state index contributed by atoms with van der Waals surface area (Å²) < 4.78 is 0. The number of hydrogen-bond donors (Lipinski definition) is 2. The summed E-state index contributed by atoms with van der Waals surface area (Å²) >= 11 is 5.37. The third kappa shape index (κ3) is 7.79. The third-order valence-electron chi connectivity index (χ3n) is 4.17. The van der Waals surface area contributed by atoms with E-state index in [1.807, 2.05) is 0 Å². The fourth-order valence-electron chi connectivity index (χ4n) is 2.51. The molecule has 0 bridgehead atoms. The summed E-state index contributed by atoms with van der Waals surface area (Å²) in [6.07, 6.45) is 10.7. The van der Waals surface area contributed by atoms with Crippen LogP contribution in [0.4, 0.5) is 5.69 Å². The van der Waals surface area contributed by atoms with Gasteiger partial charge in [0.25, 0.3) is 0 Å². The summed E-state index contributed by atoms with van der Waals surface area (Å²) in [7, 11) is 0. The van der Waals surface area contributed by atoms with Crippen LogP contribution < -0.4 is 10.6 Å². The summed E-state index contributed by atoms with van der Waals surface area (Å²) in [5, 5.41) is 7.34. The van der Waals surface area contributed by atoms with Gasteiger partial charge in [0.2, 0.25) is 0 Å². The lowest BCUT2D eigenvalue weighted by atomic mass is 10.1. The first kappa shape index (κ1) is 19.0. The van der Waals surface area contributed by atoms with Crippen molar-refractivity contribution in [2.75, 3.05) is 11.9 Å². The fraction of sp³-hybridized carbons (Fsp3) is 0.632. The maximum absolute atomic E-state index is 5.37. The zero-order valence-corrected chi connectivity index (χ0v) is 15.3. The molecule has 0 heterocycles. The molecule has 0 radical (unpaired) electrons. The quantitative estimate of drug-likeness (QED) is 0.425. The number of hydrogen-bond acceptors (Lipinski definition) is 1. The number of anilines is 1. The van der Waals surface area contributed by atoms with E-state index >= 15 is 0 Å². The number of unbranched alkanes of at least 4 members (excludes halogenated alkanes) is 7. The number of benzene rings is 1. The molecule has 0 saturated carbocycles. The molecule has 22 heavy (non-hydrogen) atoms. The first-order chi connectivity index (χ1) is 10.6. The predicted molar refractivity (Wildman–Crippen MR) is 103 cm³/mol. The van der Waals surface area contributed by atoms with Gasteiger partial charge in [-0.15, -0.1) is 0 Å². The van der Waals surface area contributed by atoms with Gasteiger partial charge in [0, 0.05) is 12.2 Å². The minimum absolute atomic E-state index is 0.733. The number of rotatable bonds is 10. The summed E-state index contributed by atoms with van der Waals surface area (Å²) in [4.78, 5) is 0. The Balaban J connectivity index is 2.08. The van der Waals surface area contributed by atoms with E-state index in [4.69, 9.17) is 12.2 Å². The highest BCUT2D eigenvalue weighted by molar-refractivity contribution is 7.80. The van der Waals surface area contributed by atoms with Gasteiger partial charge >= 0.3 is 0 Å². The molecule has 124 valence electrons. The van der Waals surface area contributed by atoms with Crippen molar-refractivity contribution < 1.29 is 0 Å². The molecular formula is C19H32N2S. The first-order valence-corrected chi connectivity index (χ1v) is 9.17. The zero-order chi connectivity index (χ0) is 16.2. The molecule has 1 aromatic carbocycles. The van der Waals surface area contributed by atoms with Gasteiger partial charge in [0.1, 0.15) is 0 Å². The van der Waals surface area contributed by atoms with Gasteiger partial charge in [-0.05, 0) is 49.7 Å². The van der Waals surface area contributed by atoms with E-state index in [0.29, 0.717) is 0 Å². The topological polar surface area (TPSA) is 24.1 Å². The summed E-state index contributed by atoms with van der Waals surface area (Å²) in [6.45, 7) is 7.48. The van der Waals surface area contributed by atoms with Gasteiger partial charge in [-0.2, -0.15) is 0 Å². The van der Waals surface area contributed by atoms with Gasteiger partial charge < -0.3 is 10.6 Å². The maximum atomic E-state index is 5.37. The average molecular weight is 321 g/mol. The molecule has 0 unspecified atom stereocenters. The Kier molecular flexibility index (Phi) is 9.89. The van der Waals surface area contributed by atoms with E-state index in [2.05, 4.69) is 49.6 Å². The lowest BCUT2D eigenvalue weighted by Crippen LogP contribution is -2.29. The SMILES string of the molecule is CCCCCCCCCCNC(=S)Nc1cccc(C)c1C. The molecular weight excluding hydrogens is 288 g/mol. The van der Waals surface area contributed by atoms with E-state index in [0.717, 1.165) is 17.3 Å². The van der Waals surface area contributed by atoms with Crippen molar-refractivity contribution in [1.29, 1.82) is 0 Å². The number of aryl methyl sites for hydroxylation is 1. The largest absolute Gasteiger partial charge is 0.362 e.